The summed E-state index contributed by atoms with van der Waals surface area (Å²) in [5.74, 6) is 1.44. The van der Waals surface area contributed by atoms with Crippen LogP contribution in [0.2, 0.25) is 0 Å². The number of hydrogen-bond acceptors (Lipinski definition) is 4. The molecule has 1 amide bonds. The lowest BCUT2D eigenvalue weighted by atomic mass is 10.2. The minimum atomic E-state index is -0.186. The second-order valence-corrected chi connectivity index (χ2v) is 4.03. The van der Waals surface area contributed by atoms with Crippen LogP contribution in [0, 0.1) is 0 Å². The molecule has 2 rings (SSSR count). The van der Waals surface area contributed by atoms with Gasteiger partial charge in [-0.25, -0.2) is 4.98 Å². The molecule has 1 aromatic rings. The van der Waals surface area contributed by atoms with Gasteiger partial charge < -0.3 is 15.0 Å². The molecular weight excluding hydrogens is 218 g/mol. The molecule has 17 heavy (non-hydrogen) atoms. The predicted octanol–water partition coefficient (Wildman–Crippen LogP) is 1.12. The second kappa shape index (κ2) is 5.03. The van der Waals surface area contributed by atoms with Crippen molar-refractivity contribution in [2.45, 2.75) is 19.4 Å². The lowest BCUT2D eigenvalue weighted by Gasteiger charge is -2.15. The maximum absolute atomic E-state index is 11.8. The molecule has 1 aliphatic rings. The van der Waals surface area contributed by atoms with E-state index in [-0.39, 0.29) is 11.9 Å². The van der Waals surface area contributed by atoms with Gasteiger partial charge in [0.2, 0.25) is 5.91 Å². The fourth-order valence-corrected chi connectivity index (χ4v) is 1.89. The Kier molecular flexibility index (Phi) is 3.46. The van der Waals surface area contributed by atoms with Gasteiger partial charge in [0.05, 0.1) is 6.61 Å². The molecule has 92 valence electrons. The Bertz CT molecular complexity index is 408. The fraction of sp³-hybridized carbons (Fsp3) is 0.500. The Labute approximate surface area is 101 Å². The molecule has 0 bridgehead atoms. The third-order valence-corrected chi connectivity index (χ3v) is 2.81. The topological polar surface area (TPSA) is 54.5 Å². The van der Waals surface area contributed by atoms with Crippen molar-refractivity contribution in [3.63, 3.8) is 0 Å². The molecular formula is C12H17N3O2. The molecule has 0 radical (unpaired) electrons. The van der Waals surface area contributed by atoms with E-state index in [2.05, 4.69) is 10.3 Å². The standard InChI is InChI=1S/C12H17N3O2/c1-3-17-10-5-4-7-13-11(10)14-9-6-8-15(2)12(9)16/h4-5,7,9H,3,6,8H2,1-2H3,(H,13,14). The van der Waals surface area contributed by atoms with E-state index in [0.29, 0.717) is 18.2 Å². The summed E-state index contributed by atoms with van der Waals surface area (Å²) in [6.07, 6.45) is 2.49. The van der Waals surface area contributed by atoms with Crippen LogP contribution >= 0.6 is 0 Å². The highest BCUT2D eigenvalue weighted by atomic mass is 16.5. The zero-order chi connectivity index (χ0) is 12.3. The summed E-state index contributed by atoms with van der Waals surface area (Å²) in [6, 6.07) is 3.48. The zero-order valence-electron chi connectivity index (χ0n) is 10.1. The first-order valence-corrected chi connectivity index (χ1v) is 5.81. The van der Waals surface area contributed by atoms with Crippen LogP contribution in [0.4, 0.5) is 5.82 Å². The number of pyridine rings is 1. The number of carbonyl (C=O) groups is 1. The number of aromatic nitrogens is 1. The maximum atomic E-state index is 11.8. The Balaban J connectivity index is 2.10. The van der Waals surface area contributed by atoms with Gasteiger partial charge in [-0.3, -0.25) is 4.79 Å². The normalized spacial score (nSPS) is 19.5. The molecule has 0 saturated carbocycles. The molecule has 1 unspecified atom stereocenters. The van der Waals surface area contributed by atoms with Crippen molar-refractivity contribution in [1.82, 2.24) is 9.88 Å². The van der Waals surface area contributed by atoms with Crippen molar-refractivity contribution in [3.8, 4) is 5.75 Å². The highest BCUT2D eigenvalue weighted by molar-refractivity contribution is 5.86. The molecule has 1 aliphatic heterocycles. The fourth-order valence-electron chi connectivity index (χ4n) is 1.89. The lowest BCUT2D eigenvalue weighted by Crippen LogP contribution is -2.31. The van der Waals surface area contributed by atoms with Crippen molar-refractivity contribution < 1.29 is 9.53 Å². The predicted molar refractivity (Wildman–Crippen MR) is 65.1 cm³/mol. The van der Waals surface area contributed by atoms with Crippen molar-refractivity contribution in [1.29, 1.82) is 0 Å². The summed E-state index contributed by atoms with van der Waals surface area (Å²) < 4.78 is 5.46. The average molecular weight is 235 g/mol. The summed E-state index contributed by atoms with van der Waals surface area (Å²) in [5, 5.41) is 3.15. The van der Waals surface area contributed by atoms with E-state index in [4.69, 9.17) is 4.74 Å². The first-order valence-electron chi connectivity index (χ1n) is 5.81. The first-order chi connectivity index (χ1) is 8.22. The van der Waals surface area contributed by atoms with E-state index in [1.54, 1.807) is 11.1 Å². The van der Waals surface area contributed by atoms with Crippen LogP contribution in [-0.2, 0) is 4.79 Å². The van der Waals surface area contributed by atoms with Crippen LogP contribution < -0.4 is 10.1 Å². The Morgan fingerprint density at radius 2 is 2.47 bits per heavy atom. The van der Waals surface area contributed by atoms with Gasteiger partial charge in [-0.05, 0) is 25.5 Å². The molecule has 0 aliphatic carbocycles. The Morgan fingerprint density at radius 1 is 1.65 bits per heavy atom. The number of nitrogens with one attached hydrogen (secondary N) is 1. The number of likely N-dealkylation sites (tertiary alicyclic amines) is 1. The lowest BCUT2D eigenvalue weighted by molar-refractivity contribution is -0.127. The number of hydrogen-bond donors (Lipinski definition) is 1. The van der Waals surface area contributed by atoms with Gasteiger partial charge in [0.1, 0.15) is 6.04 Å². The van der Waals surface area contributed by atoms with Gasteiger partial charge in [-0.1, -0.05) is 0 Å². The zero-order valence-corrected chi connectivity index (χ0v) is 10.1. The van der Waals surface area contributed by atoms with Crippen LogP contribution in [0.5, 0.6) is 5.75 Å². The van der Waals surface area contributed by atoms with Gasteiger partial charge in [0.15, 0.2) is 11.6 Å². The van der Waals surface area contributed by atoms with Crippen LogP contribution in [0.3, 0.4) is 0 Å². The van der Waals surface area contributed by atoms with E-state index >= 15 is 0 Å². The molecule has 1 fully saturated rings. The van der Waals surface area contributed by atoms with Gasteiger partial charge in [-0.2, -0.15) is 0 Å². The van der Waals surface area contributed by atoms with E-state index in [0.717, 1.165) is 13.0 Å². The van der Waals surface area contributed by atoms with Crippen LogP contribution in [0.25, 0.3) is 0 Å². The average Bonchev–Trinajstić information content (AvgIpc) is 2.64. The Morgan fingerprint density at radius 3 is 3.12 bits per heavy atom. The highest BCUT2D eigenvalue weighted by Gasteiger charge is 2.29. The number of ether oxygens (including phenoxy) is 1. The molecule has 0 spiro atoms. The third kappa shape index (κ3) is 2.49. The molecule has 1 saturated heterocycles. The Hall–Kier alpha value is -1.78. The largest absolute Gasteiger partial charge is 0.490 e. The quantitative estimate of drug-likeness (QED) is 0.849. The van der Waals surface area contributed by atoms with Crippen molar-refractivity contribution in [3.05, 3.63) is 18.3 Å². The first kappa shape index (κ1) is 11.7. The molecule has 0 aromatic carbocycles. The summed E-state index contributed by atoms with van der Waals surface area (Å²) in [7, 11) is 1.81. The third-order valence-electron chi connectivity index (χ3n) is 2.81. The van der Waals surface area contributed by atoms with E-state index in [1.165, 1.54) is 0 Å². The number of anilines is 1. The van der Waals surface area contributed by atoms with Gasteiger partial charge >= 0.3 is 0 Å². The number of carbonyl (C=O) groups excluding carboxylic acids is 1. The minimum Gasteiger partial charge on any atom is -0.490 e. The van der Waals surface area contributed by atoms with Gasteiger partial charge in [0, 0.05) is 19.8 Å². The van der Waals surface area contributed by atoms with Gasteiger partial charge in [-0.15, -0.1) is 0 Å². The number of nitrogens with zero attached hydrogens (tertiary/aromatic N) is 2. The van der Waals surface area contributed by atoms with Crippen molar-refractivity contribution >= 4 is 11.7 Å². The molecule has 5 nitrogen and oxygen atoms in total. The smallest absolute Gasteiger partial charge is 0.244 e. The van der Waals surface area contributed by atoms with Crippen LogP contribution in [0.1, 0.15) is 13.3 Å². The van der Waals surface area contributed by atoms with E-state index < -0.39 is 0 Å². The number of rotatable bonds is 4. The summed E-state index contributed by atoms with van der Waals surface area (Å²) in [6.45, 7) is 3.29. The van der Waals surface area contributed by atoms with Crippen molar-refractivity contribution in [2.24, 2.45) is 0 Å². The minimum absolute atomic E-state index is 0.109. The molecule has 1 N–H and O–H groups in total. The van der Waals surface area contributed by atoms with E-state index in [9.17, 15) is 4.79 Å². The van der Waals surface area contributed by atoms with Crippen LogP contribution in [-0.4, -0.2) is 42.0 Å². The molecule has 1 aromatic heterocycles. The summed E-state index contributed by atoms with van der Waals surface area (Å²) >= 11 is 0. The molecule has 2 heterocycles. The monoisotopic (exact) mass is 235 g/mol. The molecule has 1 atom stereocenters. The SMILES string of the molecule is CCOc1cccnc1NC1CCN(C)C1=O. The van der Waals surface area contributed by atoms with Gasteiger partial charge in [0.25, 0.3) is 0 Å². The van der Waals surface area contributed by atoms with Crippen LogP contribution in [0.15, 0.2) is 18.3 Å². The van der Waals surface area contributed by atoms with Crippen molar-refractivity contribution in [2.75, 3.05) is 25.5 Å². The number of likely N-dealkylation sites (N-methyl/N-ethyl adjacent to an activating group) is 1. The maximum Gasteiger partial charge on any atom is 0.244 e. The summed E-state index contributed by atoms with van der Waals surface area (Å²) in [5.41, 5.74) is 0. The van der Waals surface area contributed by atoms with E-state index in [1.807, 2.05) is 26.1 Å². The summed E-state index contributed by atoms with van der Waals surface area (Å²) in [4.78, 5) is 17.7. The number of amides is 1. The highest BCUT2D eigenvalue weighted by Crippen LogP contribution is 2.23. The second-order valence-electron chi connectivity index (χ2n) is 4.03. The molecule has 5 heteroatoms.